The third-order valence-corrected chi connectivity index (χ3v) is 5.35. The Morgan fingerprint density at radius 3 is 2.84 bits per heavy atom. The second kappa shape index (κ2) is 6.92. The van der Waals surface area contributed by atoms with E-state index in [9.17, 15) is 4.79 Å². The highest BCUT2D eigenvalue weighted by atomic mass is 35.5. The van der Waals surface area contributed by atoms with Crippen molar-refractivity contribution in [1.82, 2.24) is 15.0 Å². The molecule has 1 saturated carbocycles. The minimum Gasteiger partial charge on any atom is -0.338 e. The maximum Gasteiger partial charge on any atom is 0.259 e. The number of aromatic nitrogens is 2. The van der Waals surface area contributed by atoms with Gasteiger partial charge in [0.2, 0.25) is 0 Å². The van der Waals surface area contributed by atoms with E-state index in [4.69, 9.17) is 10.3 Å². The molecule has 6 nitrogen and oxygen atoms in total. The van der Waals surface area contributed by atoms with Gasteiger partial charge in [-0.3, -0.25) is 4.79 Å². The summed E-state index contributed by atoms with van der Waals surface area (Å²) in [5, 5.41) is 4.78. The third kappa shape index (κ3) is 3.37. The summed E-state index contributed by atoms with van der Waals surface area (Å²) in [6, 6.07) is 2.07. The van der Waals surface area contributed by atoms with Crippen molar-refractivity contribution in [2.24, 2.45) is 11.7 Å². The smallest absolute Gasteiger partial charge is 0.259 e. The summed E-state index contributed by atoms with van der Waals surface area (Å²) in [6.07, 6.45) is 4.36. The molecule has 0 radical (unpaired) electrons. The minimum absolute atomic E-state index is 0. The number of carbonyl (C=O) groups is 1. The monoisotopic (exact) mass is 364 g/mol. The molecular formula is C18H25ClN4O2. The van der Waals surface area contributed by atoms with E-state index < -0.39 is 0 Å². The predicted molar refractivity (Wildman–Crippen MR) is 98.0 cm³/mol. The second-order valence-electron chi connectivity index (χ2n) is 7.33. The highest BCUT2D eigenvalue weighted by molar-refractivity contribution is 6.06. The van der Waals surface area contributed by atoms with Crippen LogP contribution in [0, 0.1) is 12.8 Å². The summed E-state index contributed by atoms with van der Waals surface area (Å²) < 4.78 is 5.35. The highest BCUT2D eigenvalue weighted by Crippen LogP contribution is 2.40. The molecule has 7 heteroatoms. The number of nitrogens with two attached hydrogens (primary N) is 1. The first-order valence-corrected chi connectivity index (χ1v) is 8.86. The molecule has 2 aromatic heterocycles. The Hall–Kier alpha value is -1.66. The van der Waals surface area contributed by atoms with E-state index in [-0.39, 0.29) is 24.4 Å². The van der Waals surface area contributed by atoms with Crippen LogP contribution in [0.1, 0.15) is 60.3 Å². The van der Waals surface area contributed by atoms with Gasteiger partial charge in [0.1, 0.15) is 0 Å². The maximum absolute atomic E-state index is 13.2. The SMILES string of the molecule is Cc1noc2nc(C3CC3)cc(C(=O)N3CCCC(C(C)N)C3)c12.Cl. The predicted octanol–water partition coefficient (Wildman–Crippen LogP) is 3.03. The molecule has 0 bridgehead atoms. The molecule has 2 aromatic rings. The second-order valence-corrected chi connectivity index (χ2v) is 7.33. The molecule has 1 saturated heterocycles. The van der Waals surface area contributed by atoms with E-state index in [0.717, 1.165) is 55.5 Å². The minimum atomic E-state index is 0. The first-order valence-electron chi connectivity index (χ1n) is 8.86. The first kappa shape index (κ1) is 18.1. The normalized spacial score (nSPS) is 21.9. The standard InChI is InChI=1S/C18H24N4O2.ClH/c1-10(19)13-4-3-7-22(9-13)18(23)14-8-15(12-5-6-12)20-17-16(14)11(2)21-24-17;/h8,10,12-13H,3-7,9,19H2,1-2H3;1H. The Morgan fingerprint density at radius 1 is 1.40 bits per heavy atom. The van der Waals surface area contributed by atoms with E-state index in [2.05, 4.69) is 10.1 Å². The Labute approximate surface area is 153 Å². The van der Waals surface area contributed by atoms with Gasteiger partial charge < -0.3 is 15.2 Å². The van der Waals surface area contributed by atoms with Crippen molar-refractivity contribution in [3.05, 3.63) is 23.0 Å². The number of carbonyl (C=O) groups excluding carboxylic acids is 1. The lowest BCUT2D eigenvalue weighted by atomic mass is 9.91. The molecular weight excluding hydrogens is 340 g/mol. The zero-order valence-electron chi connectivity index (χ0n) is 14.7. The van der Waals surface area contributed by atoms with Gasteiger partial charge in [0.15, 0.2) is 0 Å². The van der Waals surface area contributed by atoms with Crippen LogP contribution >= 0.6 is 12.4 Å². The summed E-state index contributed by atoms with van der Waals surface area (Å²) in [4.78, 5) is 19.7. The molecule has 1 amide bonds. The quantitative estimate of drug-likeness (QED) is 0.904. The fourth-order valence-electron chi connectivity index (χ4n) is 3.66. The van der Waals surface area contributed by atoms with Crippen LogP contribution in [0.3, 0.4) is 0 Å². The van der Waals surface area contributed by atoms with Gasteiger partial charge >= 0.3 is 0 Å². The maximum atomic E-state index is 13.2. The van der Waals surface area contributed by atoms with E-state index >= 15 is 0 Å². The summed E-state index contributed by atoms with van der Waals surface area (Å²) in [7, 11) is 0. The van der Waals surface area contributed by atoms with Crippen LogP contribution in [-0.4, -0.2) is 40.1 Å². The fraction of sp³-hybridized carbons (Fsp3) is 0.611. The molecule has 2 aliphatic rings. The number of aryl methyl sites for hydroxylation is 1. The van der Waals surface area contributed by atoms with Crippen LogP contribution in [-0.2, 0) is 0 Å². The van der Waals surface area contributed by atoms with Crippen molar-refractivity contribution in [3.8, 4) is 0 Å². The summed E-state index contributed by atoms with van der Waals surface area (Å²) in [6.45, 7) is 5.40. The van der Waals surface area contributed by atoms with Crippen LogP contribution < -0.4 is 5.73 Å². The molecule has 4 rings (SSSR count). The molecule has 2 N–H and O–H groups in total. The van der Waals surface area contributed by atoms with Crippen molar-refractivity contribution in [1.29, 1.82) is 0 Å². The van der Waals surface area contributed by atoms with Crippen LogP contribution in [0.15, 0.2) is 10.6 Å². The van der Waals surface area contributed by atoms with E-state index in [1.54, 1.807) is 0 Å². The Bertz CT molecular complexity index is 785. The van der Waals surface area contributed by atoms with Crippen molar-refractivity contribution in [3.63, 3.8) is 0 Å². The number of rotatable bonds is 3. The number of hydrogen-bond donors (Lipinski definition) is 1. The number of halogens is 1. The largest absolute Gasteiger partial charge is 0.338 e. The van der Waals surface area contributed by atoms with Gasteiger partial charge in [-0.25, -0.2) is 4.98 Å². The highest BCUT2D eigenvalue weighted by Gasteiger charge is 2.31. The number of likely N-dealkylation sites (tertiary alicyclic amines) is 1. The zero-order chi connectivity index (χ0) is 16.8. The number of fused-ring (bicyclic) bond motifs is 1. The van der Waals surface area contributed by atoms with E-state index in [0.29, 0.717) is 23.1 Å². The van der Waals surface area contributed by atoms with Gasteiger partial charge in [-0.15, -0.1) is 12.4 Å². The topological polar surface area (TPSA) is 85.2 Å². The average Bonchev–Trinajstić information content (AvgIpc) is 3.37. The number of nitrogens with zero attached hydrogens (tertiary/aromatic N) is 3. The summed E-state index contributed by atoms with van der Waals surface area (Å²) in [5.74, 6) is 0.886. The molecule has 2 atom stereocenters. The molecule has 0 spiro atoms. The van der Waals surface area contributed by atoms with Crippen molar-refractivity contribution < 1.29 is 9.32 Å². The molecule has 136 valence electrons. The summed E-state index contributed by atoms with van der Waals surface area (Å²) in [5.41, 5.74) is 8.93. The molecule has 3 heterocycles. The van der Waals surface area contributed by atoms with Gasteiger partial charge in [-0.1, -0.05) is 5.16 Å². The van der Waals surface area contributed by atoms with Gasteiger partial charge in [-0.05, 0) is 51.5 Å². The van der Waals surface area contributed by atoms with Crippen LogP contribution in [0.5, 0.6) is 0 Å². The van der Waals surface area contributed by atoms with Gasteiger partial charge in [0, 0.05) is 30.7 Å². The lowest BCUT2D eigenvalue weighted by Crippen LogP contribution is -2.45. The Balaban J connectivity index is 0.00000182. The van der Waals surface area contributed by atoms with Crippen LogP contribution in [0.25, 0.3) is 11.1 Å². The van der Waals surface area contributed by atoms with Gasteiger partial charge in [0.25, 0.3) is 11.6 Å². The Morgan fingerprint density at radius 2 is 2.16 bits per heavy atom. The molecule has 2 unspecified atom stereocenters. The van der Waals surface area contributed by atoms with Crippen molar-refractivity contribution in [2.45, 2.75) is 51.5 Å². The zero-order valence-corrected chi connectivity index (χ0v) is 15.5. The van der Waals surface area contributed by atoms with Gasteiger partial charge in [-0.2, -0.15) is 0 Å². The Kier molecular flexibility index (Phi) is 5.02. The molecule has 1 aliphatic carbocycles. The summed E-state index contributed by atoms with van der Waals surface area (Å²) >= 11 is 0. The number of pyridine rings is 1. The van der Waals surface area contributed by atoms with E-state index in [1.165, 1.54) is 0 Å². The number of piperidine rings is 1. The lowest BCUT2D eigenvalue weighted by Gasteiger charge is -2.34. The third-order valence-electron chi connectivity index (χ3n) is 5.35. The van der Waals surface area contributed by atoms with Gasteiger partial charge in [0.05, 0.1) is 16.6 Å². The number of amides is 1. The molecule has 25 heavy (non-hydrogen) atoms. The molecule has 1 aliphatic heterocycles. The first-order chi connectivity index (χ1) is 11.5. The number of hydrogen-bond acceptors (Lipinski definition) is 5. The van der Waals surface area contributed by atoms with Crippen molar-refractivity contribution in [2.75, 3.05) is 13.1 Å². The molecule has 2 fully saturated rings. The van der Waals surface area contributed by atoms with Crippen LogP contribution in [0.4, 0.5) is 0 Å². The van der Waals surface area contributed by atoms with Crippen LogP contribution in [0.2, 0.25) is 0 Å². The molecule has 0 aromatic carbocycles. The van der Waals surface area contributed by atoms with Crippen molar-refractivity contribution >= 4 is 29.4 Å². The van der Waals surface area contributed by atoms with E-state index in [1.807, 2.05) is 24.8 Å². The average molecular weight is 365 g/mol. The lowest BCUT2D eigenvalue weighted by molar-refractivity contribution is 0.0662. The fourth-order valence-corrected chi connectivity index (χ4v) is 3.66.